The largest absolute Gasteiger partial charge is 0.372 e. The van der Waals surface area contributed by atoms with E-state index in [9.17, 15) is 4.39 Å². The Morgan fingerprint density at radius 2 is 1.88 bits per heavy atom. The summed E-state index contributed by atoms with van der Waals surface area (Å²) in [6.07, 6.45) is 1.000. The van der Waals surface area contributed by atoms with Gasteiger partial charge < -0.3 is 9.80 Å². The molecule has 96 valence electrons. The van der Waals surface area contributed by atoms with Gasteiger partial charge in [-0.3, -0.25) is 0 Å². The molecule has 0 radical (unpaired) electrons. The summed E-state index contributed by atoms with van der Waals surface area (Å²) < 4.78 is 13.8. The number of rotatable bonds is 6. The Balaban J connectivity index is 2.70. The van der Waals surface area contributed by atoms with Crippen molar-refractivity contribution < 1.29 is 4.39 Å². The van der Waals surface area contributed by atoms with Crippen LogP contribution in [0.15, 0.2) is 18.2 Å². The van der Waals surface area contributed by atoms with Crippen LogP contribution >= 0.6 is 11.6 Å². The minimum atomic E-state index is -0.199. The zero-order valence-corrected chi connectivity index (χ0v) is 11.5. The molecule has 2 nitrogen and oxygen atoms in total. The number of hydrogen-bond acceptors (Lipinski definition) is 2. The van der Waals surface area contributed by atoms with Crippen LogP contribution in [-0.4, -0.2) is 39.1 Å². The highest BCUT2D eigenvalue weighted by molar-refractivity contribution is 6.17. The van der Waals surface area contributed by atoms with Crippen LogP contribution in [0, 0.1) is 5.82 Å². The molecule has 0 aliphatic heterocycles. The summed E-state index contributed by atoms with van der Waals surface area (Å²) in [5, 5.41) is 0. The number of hydrogen-bond donors (Lipinski definition) is 0. The minimum Gasteiger partial charge on any atom is -0.372 e. The monoisotopic (exact) mass is 258 g/mol. The van der Waals surface area contributed by atoms with E-state index < -0.39 is 0 Å². The third kappa shape index (κ3) is 4.17. The molecule has 0 atom stereocenters. The second kappa shape index (κ2) is 6.82. The summed E-state index contributed by atoms with van der Waals surface area (Å²) >= 11 is 5.83. The predicted molar refractivity (Wildman–Crippen MR) is 72.4 cm³/mol. The summed E-state index contributed by atoms with van der Waals surface area (Å²) in [6, 6.07) is 5.05. The van der Waals surface area contributed by atoms with Crippen LogP contribution in [0.1, 0.15) is 12.0 Å². The second-order valence-electron chi connectivity index (χ2n) is 4.46. The third-order valence-electron chi connectivity index (χ3n) is 2.69. The van der Waals surface area contributed by atoms with E-state index >= 15 is 0 Å². The number of alkyl halides is 1. The van der Waals surface area contributed by atoms with E-state index in [-0.39, 0.29) is 5.82 Å². The van der Waals surface area contributed by atoms with E-state index in [1.807, 2.05) is 32.1 Å². The fourth-order valence-electron chi connectivity index (χ4n) is 1.83. The van der Waals surface area contributed by atoms with Crippen LogP contribution in [0.2, 0.25) is 0 Å². The lowest BCUT2D eigenvalue weighted by molar-refractivity contribution is 0.401. The normalized spacial score (nSPS) is 10.9. The van der Waals surface area contributed by atoms with Gasteiger partial charge >= 0.3 is 0 Å². The molecule has 0 N–H and O–H groups in total. The van der Waals surface area contributed by atoms with Gasteiger partial charge in [-0.25, -0.2) is 4.39 Å². The van der Waals surface area contributed by atoms with Gasteiger partial charge in [0.25, 0.3) is 0 Å². The fraction of sp³-hybridized carbons (Fsp3) is 0.538. The lowest BCUT2D eigenvalue weighted by Crippen LogP contribution is -2.24. The molecule has 0 unspecified atom stereocenters. The molecule has 17 heavy (non-hydrogen) atoms. The summed E-state index contributed by atoms with van der Waals surface area (Å²) in [6.45, 7) is 1.82. The first-order chi connectivity index (χ1) is 8.06. The lowest BCUT2D eigenvalue weighted by atomic mass is 10.1. The molecule has 0 aliphatic rings. The quantitative estimate of drug-likeness (QED) is 0.724. The van der Waals surface area contributed by atoms with Crippen molar-refractivity contribution >= 4 is 17.3 Å². The molecule has 1 rings (SSSR count). The molecule has 1 aromatic carbocycles. The van der Waals surface area contributed by atoms with E-state index in [0.717, 1.165) is 25.1 Å². The molecular weight excluding hydrogens is 239 g/mol. The molecular formula is C13H20ClFN2. The first-order valence-corrected chi connectivity index (χ1v) is 6.29. The van der Waals surface area contributed by atoms with Crippen molar-refractivity contribution in [2.75, 3.05) is 39.1 Å². The zero-order chi connectivity index (χ0) is 12.8. The van der Waals surface area contributed by atoms with E-state index in [1.54, 1.807) is 6.07 Å². The highest BCUT2D eigenvalue weighted by Gasteiger charge is 2.11. The molecule has 0 bridgehead atoms. The molecule has 0 heterocycles. The van der Waals surface area contributed by atoms with Crippen LogP contribution in [0.4, 0.5) is 10.1 Å². The topological polar surface area (TPSA) is 6.48 Å². The van der Waals surface area contributed by atoms with E-state index in [0.29, 0.717) is 11.6 Å². The third-order valence-corrected chi connectivity index (χ3v) is 2.98. The van der Waals surface area contributed by atoms with Gasteiger partial charge in [0.1, 0.15) is 5.82 Å². The van der Waals surface area contributed by atoms with Crippen LogP contribution in [0.25, 0.3) is 0 Å². The summed E-state index contributed by atoms with van der Waals surface area (Å²) in [5.74, 6) is 0.140. The molecule has 0 fully saturated rings. The first-order valence-electron chi connectivity index (χ1n) is 5.75. The maximum Gasteiger partial charge on any atom is 0.146 e. The highest BCUT2D eigenvalue weighted by Crippen LogP contribution is 2.25. The van der Waals surface area contributed by atoms with E-state index in [2.05, 4.69) is 4.90 Å². The highest BCUT2D eigenvalue weighted by atomic mass is 35.5. The van der Waals surface area contributed by atoms with Crippen molar-refractivity contribution in [1.82, 2.24) is 4.90 Å². The number of benzene rings is 1. The van der Waals surface area contributed by atoms with Gasteiger partial charge in [-0.2, -0.15) is 0 Å². The molecule has 1 aromatic rings. The molecule has 0 saturated heterocycles. The number of nitrogens with zero attached hydrogens (tertiary/aromatic N) is 2. The number of anilines is 1. The summed E-state index contributed by atoms with van der Waals surface area (Å²) in [4.78, 5) is 4.06. The standard InChI is InChI=1S/C13H20ClFN2/c1-16(2)8-5-9-17(3)13-11(10-14)6-4-7-12(13)15/h4,6-7H,5,8-10H2,1-3H3. The molecule has 0 amide bonds. The van der Waals surface area contributed by atoms with Crippen molar-refractivity contribution in [2.24, 2.45) is 0 Å². The average molecular weight is 259 g/mol. The van der Waals surface area contributed by atoms with Crippen molar-refractivity contribution in [3.05, 3.63) is 29.6 Å². The van der Waals surface area contributed by atoms with Gasteiger partial charge in [-0.05, 0) is 38.7 Å². The van der Waals surface area contributed by atoms with Gasteiger partial charge in [-0.1, -0.05) is 12.1 Å². The first kappa shape index (κ1) is 14.3. The fourth-order valence-corrected chi connectivity index (χ4v) is 2.05. The minimum absolute atomic E-state index is 0.199. The summed E-state index contributed by atoms with van der Waals surface area (Å²) in [7, 11) is 5.98. The Morgan fingerprint density at radius 3 is 2.47 bits per heavy atom. The van der Waals surface area contributed by atoms with Gasteiger partial charge in [-0.15, -0.1) is 11.6 Å². The van der Waals surface area contributed by atoms with Gasteiger partial charge in [0, 0.05) is 19.5 Å². The average Bonchev–Trinajstić information content (AvgIpc) is 2.27. The Morgan fingerprint density at radius 1 is 1.18 bits per heavy atom. The lowest BCUT2D eigenvalue weighted by Gasteiger charge is -2.23. The van der Waals surface area contributed by atoms with Crippen LogP contribution in [0.5, 0.6) is 0 Å². The van der Waals surface area contributed by atoms with Gasteiger partial charge in [0.05, 0.1) is 5.69 Å². The molecule has 0 aliphatic carbocycles. The predicted octanol–water partition coefficient (Wildman–Crippen LogP) is 2.95. The maximum absolute atomic E-state index is 13.8. The zero-order valence-electron chi connectivity index (χ0n) is 10.7. The van der Waals surface area contributed by atoms with Crippen LogP contribution < -0.4 is 4.90 Å². The van der Waals surface area contributed by atoms with E-state index in [4.69, 9.17) is 11.6 Å². The number of halogens is 2. The SMILES string of the molecule is CN(C)CCCN(C)c1c(F)cccc1CCl. The smallest absolute Gasteiger partial charge is 0.146 e. The molecule has 0 saturated carbocycles. The van der Waals surface area contributed by atoms with E-state index in [1.165, 1.54) is 6.07 Å². The number of para-hydroxylation sites is 1. The van der Waals surface area contributed by atoms with Crippen molar-refractivity contribution in [2.45, 2.75) is 12.3 Å². The van der Waals surface area contributed by atoms with Crippen LogP contribution in [-0.2, 0) is 5.88 Å². The van der Waals surface area contributed by atoms with Crippen LogP contribution in [0.3, 0.4) is 0 Å². The Kier molecular flexibility index (Phi) is 5.72. The Hall–Kier alpha value is -0.800. The summed E-state index contributed by atoms with van der Waals surface area (Å²) in [5.41, 5.74) is 1.47. The van der Waals surface area contributed by atoms with Crippen molar-refractivity contribution in [3.8, 4) is 0 Å². The Labute approximate surface area is 108 Å². The van der Waals surface area contributed by atoms with Gasteiger partial charge in [0.2, 0.25) is 0 Å². The molecule has 4 heteroatoms. The molecule has 0 spiro atoms. The van der Waals surface area contributed by atoms with Crippen molar-refractivity contribution in [1.29, 1.82) is 0 Å². The molecule has 0 aromatic heterocycles. The maximum atomic E-state index is 13.8. The van der Waals surface area contributed by atoms with Gasteiger partial charge in [0.15, 0.2) is 0 Å². The Bertz CT molecular complexity index is 355. The second-order valence-corrected chi connectivity index (χ2v) is 4.73. The van der Waals surface area contributed by atoms with Crippen molar-refractivity contribution in [3.63, 3.8) is 0 Å².